The van der Waals surface area contributed by atoms with E-state index < -0.39 is 5.91 Å². The van der Waals surface area contributed by atoms with Gasteiger partial charge in [0, 0.05) is 10.7 Å². The van der Waals surface area contributed by atoms with E-state index in [1.807, 2.05) is 0 Å². The van der Waals surface area contributed by atoms with Crippen molar-refractivity contribution in [2.75, 3.05) is 0 Å². The summed E-state index contributed by atoms with van der Waals surface area (Å²) in [5.74, 6) is -1.11. The van der Waals surface area contributed by atoms with Crippen LogP contribution in [0.5, 0.6) is 0 Å². The number of carbonyl (C=O) groups excluding carboxylic acids is 1. The van der Waals surface area contributed by atoms with E-state index in [4.69, 9.17) is 58.7 Å². The SMILES string of the molecule is [C-]#[N+]C(=NN=C(N)NC(=O)c1cccc(Cl)c1Cl)c1cccc(Cl)c1Cl. The summed E-state index contributed by atoms with van der Waals surface area (Å²) in [5.41, 5.74) is 6.02. The van der Waals surface area contributed by atoms with Crippen LogP contribution in [0.15, 0.2) is 46.6 Å². The lowest BCUT2D eigenvalue weighted by atomic mass is 10.2. The summed E-state index contributed by atoms with van der Waals surface area (Å²) in [6.45, 7) is 7.20. The van der Waals surface area contributed by atoms with E-state index in [0.717, 1.165) is 0 Å². The molecule has 10 heteroatoms. The first kappa shape index (κ1) is 20.0. The topological polar surface area (TPSA) is 84.2 Å². The summed E-state index contributed by atoms with van der Waals surface area (Å²) < 4.78 is 0. The quantitative estimate of drug-likeness (QED) is 0.323. The number of amides is 1. The molecule has 1 amide bonds. The standard InChI is InChI=1S/C16H9Cl4N5O/c1-22-14(8-4-2-6-10(17)12(8)19)24-25-16(21)23-15(26)9-5-3-7-11(18)13(9)20/h2-7H,(H3,21,23,25,26). The third kappa shape index (κ3) is 4.65. The molecule has 2 aromatic rings. The van der Waals surface area contributed by atoms with Gasteiger partial charge in [0.2, 0.25) is 5.96 Å². The van der Waals surface area contributed by atoms with Gasteiger partial charge in [-0.1, -0.05) is 71.2 Å². The first-order valence-electron chi connectivity index (χ1n) is 6.83. The predicted octanol–water partition coefficient (Wildman–Crippen LogP) is 4.63. The fraction of sp³-hybridized carbons (Fsp3) is 0. The highest BCUT2D eigenvalue weighted by Crippen LogP contribution is 2.27. The molecule has 0 aromatic heterocycles. The zero-order valence-electron chi connectivity index (χ0n) is 12.8. The van der Waals surface area contributed by atoms with Crippen LogP contribution in [-0.2, 0) is 0 Å². The first-order chi connectivity index (χ1) is 12.3. The monoisotopic (exact) mass is 427 g/mol. The Hall–Kier alpha value is -2.30. The maximum Gasteiger partial charge on any atom is 0.305 e. The molecule has 0 heterocycles. The Morgan fingerprint density at radius 1 is 0.962 bits per heavy atom. The molecule has 0 bridgehead atoms. The summed E-state index contributed by atoms with van der Waals surface area (Å²) >= 11 is 23.8. The minimum absolute atomic E-state index is 0.0792. The number of nitrogens with one attached hydrogen (secondary N) is 1. The minimum atomic E-state index is -0.626. The Kier molecular flexibility index (Phi) is 6.83. The van der Waals surface area contributed by atoms with E-state index in [9.17, 15) is 4.79 Å². The molecule has 0 radical (unpaired) electrons. The Morgan fingerprint density at radius 2 is 1.50 bits per heavy atom. The van der Waals surface area contributed by atoms with Gasteiger partial charge in [0.25, 0.3) is 5.91 Å². The van der Waals surface area contributed by atoms with Gasteiger partial charge >= 0.3 is 5.84 Å². The van der Waals surface area contributed by atoms with Crippen LogP contribution < -0.4 is 11.1 Å². The summed E-state index contributed by atoms with van der Waals surface area (Å²) in [6.07, 6.45) is 0. The molecule has 0 saturated carbocycles. The van der Waals surface area contributed by atoms with E-state index in [0.29, 0.717) is 0 Å². The summed E-state index contributed by atoms with van der Waals surface area (Å²) in [4.78, 5) is 15.4. The van der Waals surface area contributed by atoms with Gasteiger partial charge in [0.05, 0.1) is 25.7 Å². The lowest BCUT2D eigenvalue weighted by molar-refractivity contribution is 0.0976. The van der Waals surface area contributed by atoms with Crippen molar-refractivity contribution < 1.29 is 4.79 Å². The van der Waals surface area contributed by atoms with Crippen molar-refractivity contribution in [3.05, 3.63) is 79.0 Å². The largest absolute Gasteiger partial charge is 0.366 e. The van der Waals surface area contributed by atoms with Crippen molar-refractivity contribution in [3.8, 4) is 0 Å². The Labute approximate surface area is 169 Å². The maximum atomic E-state index is 12.1. The fourth-order valence-corrected chi connectivity index (χ4v) is 2.57. The van der Waals surface area contributed by atoms with Gasteiger partial charge in [-0.15, -0.1) is 0 Å². The number of hydrogen-bond donors (Lipinski definition) is 2. The third-order valence-electron chi connectivity index (χ3n) is 2.99. The molecule has 3 N–H and O–H groups in total. The van der Waals surface area contributed by atoms with Gasteiger partial charge in [-0.25, -0.2) is 0 Å². The van der Waals surface area contributed by atoms with Crippen LogP contribution >= 0.6 is 46.4 Å². The van der Waals surface area contributed by atoms with Crippen LogP contribution in [0.2, 0.25) is 20.1 Å². The number of guanidine groups is 1. The van der Waals surface area contributed by atoms with Crippen LogP contribution in [0, 0.1) is 6.57 Å². The smallest absolute Gasteiger partial charge is 0.305 e. The van der Waals surface area contributed by atoms with Crippen molar-refractivity contribution in [2.45, 2.75) is 0 Å². The number of hydrogen-bond acceptors (Lipinski definition) is 3. The van der Waals surface area contributed by atoms with Gasteiger partial charge in [0.15, 0.2) is 0 Å². The van der Waals surface area contributed by atoms with E-state index in [-0.39, 0.29) is 43.0 Å². The third-order valence-corrected chi connectivity index (χ3v) is 4.63. The molecular formula is C16H9Cl4N5O. The van der Waals surface area contributed by atoms with E-state index in [1.54, 1.807) is 30.3 Å². The van der Waals surface area contributed by atoms with Crippen LogP contribution in [0.1, 0.15) is 15.9 Å². The number of rotatable bonds is 3. The van der Waals surface area contributed by atoms with Crippen molar-refractivity contribution >= 4 is 64.1 Å². The summed E-state index contributed by atoms with van der Waals surface area (Å²) in [5, 5.41) is 10.4. The summed E-state index contributed by atoms with van der Waals surface area (Å²) in [7, 11) is 0. The van der Waals surface area contributed by atoms with E-state index >= 15 is 0 Å². The van der Waals surface area contributed by atoms with Gasteiger partial charge in [-0.2, -0.15) is 0 Å². The van der Waals surface area contributed by atoms with E-state index in [2.05, 4.69) is 20.4 Å². The zero-order chi connectivity index (χ0) is 19.3. The van der Waals surface area contributed by atoms with Crippen molar-refractivity contribution in [2.24, 2.45) is 15.9 Å². The highest BCUT2D eigenvalue weighted by Gasteiger charge is 2.15. The van der Waals surface area contributed by atoms with Crippen molar-refractivity contribution in [1.82, 2.24) is 5.32 Å². The highest BCUT2D eigenvalue weighted by atomic mass is 35.5. The molecule has 0 aliphatic rings. The molecule has 26 heavy (non-hydrogen) atoms. The van der Waals surface area contributed by atoms with E-state index in [1.165, 1.54) is 6.07 Å². The van der Waals surface area contributed by atoms with Crippen LogP contribution in [0.3, 0.4) is 0 Å². The van der Waals surface area contributed by atoms with Crippen LogP contribution in [0.4, 0.5) is 0 Å². The highest BCUT2D eigenvalue weighted by molar-refractivity contribution is 6.44. The van der Waals surface area contributed by atoms with Crippen molar-refractivity contribution in [1.29, 1.82) is 0 Å². The Balaban J connectivity index is 2.24. The molecule has 0 fully saturated rings. The average Bonchev–Trinajstić information content (AvgIpc) is 2.61. The number of nitrogens with zero attached hydrogens (tertiary/aromatic N) is 3. The molecular weight excluding hydrogens is 420 g/mol. The van der Waals surface area contributed by atoms with Gasteiger partial charge in [-0.3, -0.25) is 10.1 Å². The molecule has 0 atom stereocenters. The zero-order valence-corrected chi connectivity index (χ0v) is 15.8. The molecule has 2 rings (SSSR count). The number of benzene rings is 2. The molecule has 0 saturated heterocycles. The lowest BCUT2D eigenvalue weighted by Crippen LogP contribution is -2.36. The minimum Gasteiger partial charge on any atom is -0.366 e. The molecule has 0 aliphatic carbocycles. The predicted molar refractivity (Wildman–Crippen MR) is 105 cm³/mol. The Bertz CT molecular complexity index is 966. The summed E-state index contributed by atoms with van der Waals surface area (Å²) in [6, 6.07) is 9.31. The molecule has 132 valence electrons. The number of halogens is 4. The second kappa shape index (κ2) is 8.88. The van der Waals surface area contributed by atoms with Crippen molar-refractivity contribution in [3.63, 3.8) is 0 Å². The maximum absolute atomic E-state index is 12.1. The van der Waals surface area contributed by atoms with Crippen LogP contribution in [-0.4, -0.2) is 17.7 Å². The lowest BCUT2D eigenvalue weighted by Gasteiger charge is -2.05. The number of carbonyl (C=O) groups is 1. The molecule has 0 spiro atoms. The molecule has 0 unspecified atom stereocenters. The first-order valence-corrected chi connectivity index (χ1v) is 8.34. The fourth-order valence-electron chi connectivity index (χ4n) is 1.80. The van der Waals surface area contributed by atoms with Gasteiger partial charge in [-0.05, 0) is 23.3 Å². The second-order valence-electron chi connectivity index (χ2n) is 4.68. The normalized spacial score (nSPS) is 11.8. The van der Waals surface area contributed by atoms with Gasteiger partial charge in [0.1, 0.15) is 0 Å². The Morgan fingerprint density at radius 3 is 2.08 bits per heavy atom. The van der Waals surface area contributed by atoms with Crippen LogP contribution in [0.25, 0.3) is 4.85 Å². The molecule has 0 aliphatic heterocycles. The second-order valence-corrected chi connectivity index (χ2v) is 6.25. The molecule has 6 nitrogen and oxygen atoms in total. The molecule has 2 aromatic carbocycles. The average molecular weight is 429 g/mol. The number of nitrogens with two attached hydrogens (primary N) is 1. The van der Waals surface area contributed by atoms with Gasteiger partial charge < -0.3 is 10.6 Å². The number of amidine groups is 1.